The topological polar surface area (TPSA) is 55.3 Å². The first-order valence-electron chi connectivity index (χ1n) is 5.51. The van der Waals surface area contributed by atoms with Crippen LogP contribution >= 0.6 is 11.6 Å². The van der Waals surface area contributed by atoms with Crippen LogP contribution in [0.15, 0.2) is 12.4 Å². The minimum Gasteiger partial charge on any atom is -0.469 e. The molecule has 1 aliphatic heterocycles. The number of piperidine rings is 1. The number of hydrogen-bond acceptors (Lipinski definition) is 5. The molecule has 1 aliphatic rings. The van der Waals surface area contributed by atoms with Gasteiger partial charge in [-0.1, -0.05) is 11.6 Å². The fraction of sp³-hybridized carbons (Fsp3) is 0.545. The number of methoxy groups -OCH3 is 1. The van der Waals surface area contributed by atoms with Gasteiger partial charge in [-0.25, -0.2) is 9.97 Å². The van der Waals surface area contributed by atoms with E-state index in [1.165, 1.54) is 13.4 Å². The van der Waals surface area contributed by atoms with E-state index in [2.05, 4.69) is 14.9 Å². The average molecular weight is 256 g/mol. The fourth-order valence-corrected chi connectivity index (χ4v) is 2.15. The van der Waals surface area contributed by atoms with Crippen molar-refractivity contribution in [3.63, 3.8) is 0 Å². The lowest BCUT2D eigenvalue weighted by Crippen LogP contribution is -2.37. The quantitative estimate of drug-likeness (QED) is 0.592. The molecule has 1 fully saturated rings. The Balaban J connectivity index is 1.97. The molecule has 6 heteroatoms. The molecule has 2 heterocycles. The van der Waals surface area contributed by atoms with Gasteiger partial charge in [0, 0.05) is 19.2 Å². The van der Waals surface area contributed by atoms with E-state index in [9.17, 15) is 4.79 Å². The van der Waals surface area contributed by atoms with Crippen LogP contribution in [0.1, 0.15) is 12.8 Å². The van der Waals surface area contributed by atoms with Gasteiger partial charge in [-0.05, 0) is 12.8 Å². The van der Waals surface area contributed by atoms with Gasteiger partial charge in [0.2, 0.25) is 0 Å². The van der Waals surface area contributed by atoms with E-state index in [1.807, 2.05) is 0 Å². The van der Waals surface area contributed by atoms with Gasteiger partial charge in [-0.2, -0.15) is 0 Å². The number of hydrogen-bond donors (Lipinski definition) is 0. The van der Waals surface area contributed by atoms with Crippen LogP contribution < -0.4 is 4.90 Å². The Morgan fingerprint density at radius 1 is 1.47 bits per heavy atom. The molecule has 0 radical (unpaired) electrons. The van der Waals surface area contributed by atoms with E-state index in [-0.39, 0.29) is 11.9 Å². The summed E-state index contributed by atoms with van der Waals surface area (Å²) >= 11 is 5.81. The van der Waals surface area contributed by atoms with Gasteiger partial charge >= 0.3 is 5.97 Å². The third-order valence-corrected chi connectivity index (χ3v) is 3.18. The van der Waals surface area contributed by atoms with Crippen LogP contribution in [0.25, 0.3) is 0 Å². The van der Waals surface area contributed by atoms with Crippen molar-refractivity contribution in [1.82, 2.24) is 9.97 Å². The Morgan fingerprint density at radius 2 is 2.18 bits per heavy atom. The summed E-state index contributed by atoms with van der Waals surface area (Å²) in [4.78, 5) is 21.5. The van der Waals surface area contributed by atoms with Crippen LogP contribution in [0, 0.1) is 5.92 Å². The van der Waals surface area contributed by atoms with Crippen LogP contribution in [0.3, 0.4) is 0 Å². The summed E-state index contributed by atoms with van der Waals surface area (Å²) in [6, 6.07) is 1.74. The smallest absolute Gasteiger partial charge is 0.308 e. The lowest BCUT2D eigenvalue weighted by atomic mass is 9.97. The minimum absolute atomic E-state index is 0.00793. The number of nitrogens with zero attached hydrogens (tertiary/aromatic N) is 3. The normalized spacial score (nSPS) is 16.9. The van der Waals surface area contributed by atoms with E-state index in [0.29, 0.717) is 5.15 Å². The average Bonchev–Trinajstić information content (AvgIpc) is 2.38. The fourth-order valence-electron chi connectivity index (χ4n) is 2.01. The maximum Gasteiger partial charge on any atom is 0.308 e. The highest BCUT2D eigenvalue weighted by molar-refractivity contribution is 6.29. The lowest BCUT2D eigenvalue weighted by molar-refractivity contribution is -0.146. The molecule has 0 spiro atoms. The molecule has 0 unspecified atom stereocenters. The van der Waals surface area contributed by atoms with Crippen molar-refractivity contribution >= 4 is 23.4 Å². The highest BCUT2D eigenvalue weighted by Crippen LogP contribution is 2.23. The first-order valence-corrected chi connectivity index (χ1v) is 5.89. The van der Waals surface area contributed by atoms with Crippen LogP contribution in [0.5, 0.6) is 0 Å². The third kappa shape index (κ3) is 2.85. The zero-order valence-electron chi connectivity index (χ0n) is 9.60. The number of aromatic nitrogens is 2. The van der Waals surface area contributed by atoms with Crippen molar-refractivity contribution in [1.29, 1.82) is 0 Å². The Kier molecular flexibility index (Phi) is 3.78. The highest BCUT2D eigenvalue weighted by atomic mass is 35.5. The molecule has 1 saturated heterocycles. The molecule has 0 N–H and O–H groups in total. The maximum absolute atomic E-state index is 11.4. The zero-order chi connectivity index (χ0) is 12.3. The molecule has 0 atom stereocenters. The molecule has 5 nitrogen and oxygen atoms in total. The molecule has 1 aromatic rings. The summed E-state index contributed by atoms with van der Waals surface area (Å²) in [6.45, 7) is 1.57. The number of esters is 1. The second-order valence-corrected chi connectivity index (χ2v) is 4.37. The first kappa shape index (κ1) is 12.1. The number of anilines is 1. The molecule has 0 bridgehead atoms. The summed E-state index contributed by atoms with van der Waals surface area (Å²) in [6.07, 6.45) is 3.02. The molecule has 1 aromatic heterocycles. The Hall–Kier alpha value is -1.36. The predicted octanol–water partition coefficient (Wildman–Crippen LogP) is 1.52. The number of rotatable bonds is 2. The molecular formula is C11H14ClN3O2. The molecular weight excluding hydrogens is 242 g/mol. The van der Waals surface area contributed by atoms with E-state index < -0.39 is 0 Å². The van der Waals surface area contributed by atoms with Crippen LogP contribution in [-0.2, 0) is 9.53 Å². The van der Waals surface area contributed by atoms with E-state index in [1.54, 1.807) is 6.07 Å². The van der Waals surface area contributed by atoms with Crippen molar-refractivity contribution in [2.24, 2.45) is 5.92 Å². The van der Waals surface area contributed by atoms with Crippen molar-refractivity contribution in [3.8, 4) is 0 Å². The van der Waals surface area contributed by atoms with Crippen molar-refractivity contribution in [2.45, 2.75) is 12.8 Å². The number of carbonyl (C=O) groups excluding carboxylic acids is 1. The molecule has 2 rings (SSSR count). The van der Waals surface area contributed by atoms with E-state index in [0.717, 1.165) is 31.7 Å². The van der Waals surface area contributed by atoms with E-state index in [4.69, 9.17) is 16.3 Å². The summed E-state index contributed by atoms with van der Waals surface area (Å²) in [5.41, 5.74) is 0. The van der Waals surface area contributed by atoms with Gasteiger partial charge < -0.3 is 9.64 Å². The van der Waals surface area contributed by atoms with Gasteiger partial charge in [0.25, 0.3) is 0 Å². The summed E-state index contributed by atoms with van der Waals surface area (Å²) in [5.74, 6) is 0.701. The number of carbonyl (C=O) groups is 1. The first-order chi connectivity index (χ1) is 8.20. The maximum atomic E-state index is 11.4. The second-order valence-electron chi connectivity index (χ2n) is 3.98. The molecule has 92 valence electrons. The molecule has 0 saturated carbocycles. The van der Waals surface area contributed by atoms with Gasteiger partial charge in [0.1, 0.15) is 17.3 Å². The summed E-state index contributed by atoms with van der Waals surface area (Å²) in [5, 5.41) is 0.435. The van der Waals surface area contributed by atoms with Crippen LogP contribution in [0.2, 0.25) is 5.15 Å². The van der Waals surface area contributed by atoms with Crippen molar-refractivity contribution in [3.05, 3.63) is 17.5 Å². The van der Waals surface area contributed by atoms with E-state index >= 15 is 0 Å². The Morgan fingerprint density at radius 3 is 2.76 bits per heavy atom. The van der Waals surface area contributed by atoms with Crippen LogP contribution in [0.4, 0.5) is 5.82 Å². The summed E-state index contributed by atoms with van der Waals surface area (Å²) in [7, 11) is 1.43. The predicted molar refractivity (Wildman–Crippen MR) is 64.0 cm³/mol. The molecule has 0 amide bonds. The zero-order valence-corrected chi connectivity index (χ0v) is 10.4. The molecule has 17 heavy (non-hydrogen) atoms. The van der Waals surface area contributed by atoms with Gasteiger partial charge in [-0.3, -0.25) is 4.79 Å². The van der Waals surface area contributed by atoms with Gasteiger partial charge in [0.05, 0.1) is 13.0 Å². The number of halogens is 1. The largest absolute Gasteiger partial charge is 0.469 e. The standard InChI is InChI=1S/C11H14ClN3O2/c1-17-11(16)8-2-4-15(5-3-8)10-6-9(12)13-7-14-10/h6-8H,2-5H2,1H3. The Bertz CT molecular complexity index is 405. The Labute approximate surface area is 105 Å². The van der Waals surface area contributed by atoms with Crippen LogP contribution in [-0.4, -0.2) is 36.1 Å². The molecule has 0 aliphatic carbocycles. The summed E-state index contributed by atoms with van der Waals surface area (Å²) < 4.78 is 4.75. The highest BCUT2D eigenvalue weighted by Gasteiger charge is 2.26. The van der Waals surface area contributed by atoms with Gasteiger partial charge in [0.15, 0.2) is 0 Å². The second kappa shape index (κ2) is 5.31. The molecule has 0 aromatic carbocycles. The lowest BCUT2D eigenvalue weighted by Gasteiger charge is -2.31. The SMILES string of the molecule is COC(=O)C1CCN(c2cc(Cl)ncn2)CC1. The third-order valence-electron chi connectivity index (χ3n) is 2.97. The van der Waals surface area contributed by atoms with Crippen molar-refractivity contribution in [2.75, 3.05) is 25.1 Å². The van der Waals surface area contributed by atoms with Crippen molar-refractivity contribution < 1.29 is 9.53 Å². The monoisotopic (exact) mass is 255 g/mol. The van der Waals surface area contributed by atoms with Gasteiger partial charge in [-0.15, -0.1) is 0 Å². The minimum atomic E-state index is -0.120. The number of ether oxygens (including phenoxy) is 1.